The average Bonchev–Trinajstić information content (AvgIpc) is 3.34. The quantitative estimate of drug-likeness (QED) is 0.277. The van der Waals surface area contributed by atoms with Crippen LogP contribution in [0.5, 0.6) is 11.5 Å². The molecule has 1 saturated heterocycles. The molecule has 3 N–H and O–H groups in total. The number of fused-ring (bicyclic) bond motifs is 1. The van der Waals surface area contributed by atoms with Crippen LogP contribution in [0.3, 0.4) is 0 Å². The van der Waals surface area contributed by atoms with Crippen LogP contribution in [0.4, 0.5) is 16.3 Å². The number of phenols is 1. The summed E-state index contributed by atoms with van der Waals surface area (Å²) < 4.78 is 13.1. The third kappa shape index (κ3) is 6.21. The molecule has 0 radical (unpaired) electrons. The summed E-state index contributed by atoms with van der Waals surface area (Å²) in [6, 6.07) is 18.4. The van der Waals surface area contributed by atoms with E-state index in [1.165, 1.54) is 0 Å². The van der Waals surface area contributed by atoms with Crippen LogP contribution in [0.15, 0.2) is 60.7 Å². The van der Waals surface area contributed by atoms with Gasteiger partial charge in [-0.25, -0.2) is 9.48 Å². The molecule has 2 amide bonds. The summed E-state index contributed by atoms with van der Waals surface area (Å²) in [7, 11) is 0. The largest absolute Gasteiger partial charge is 0.506 e. The number of aryl methyl sites for hydroxylation is 1. The van der Waals surface area contributed by atoms with E-state index in [4.69, 9.17) is 14.6 Å². The first-order valence-corrected chi connectivity index (χ1v) is 13.6. The molecule has 9 heteroatoms. The standard InChI is InChI=1S/C31H37N5O4/c1-21-9-11-25(26(37)19-21)36-29(20-28(34-36)31(2,3)4)33-30(38)32-24-10-12-27(23-8-6-5-7-22(23)24)40-18-15-35-13-16-39-17-14-35/h5-12,19-20,37H,13-18H2,1-4H3,(H2,32,33,38). The van der Waals surface area contributed by atoms with Crippen LogP contribution in [0, 0.1) is 6.92 Å². The van der Waals surface area contributed by atoms with Crippen LogP contribution in [-0.4, -0.2) is 65.3 Å². The molecule has 0 saturated carbocycles. The predicted octanol–water partition coefficient (Wildman–Crippen LogP) is 5.69. The number of rotatable bonds is 7. The van der Waals surface area contributed by atoms with Crippen LogP contribution in [0.1, 0.15) is 32.0 Å². The molecule has 0 bridgehead atoms. The number of carbonyl (C=O) groups excluding carboxylic acids is 1. The lowest BCUT2D eigenvalue weighted by molar-refractivity contribution is 0.0323. The number of morpholine rings is 1. The zero-order chi connectivity index (χ0) is 28.3. The Morgan fingerprint density at radius 2 is 1.77 bits per heavy atom. The summed E-state index contributed by atoms with van der Waals surface area (Å²) in [5.74, 6) is 1.31. The van der Waals surface area contributed by atoms with Crippen molar-refractivity contribution in [3.63, 3.8) is 0 Å². The van der Waals surface area contributed by atoms with Crippen molar-refractivity contribution in [1.82, 2.24) is 14.7 Å². The van der Waals surface area contributed by atoms with Crippen LogP contribution >= 0.6 is 0 Å². The monoisotopic (exact) mass is 543 g/mol. The molecular formula is C31H37N5O4. The highest BCUT2D eigenvalue weighted by atomic mass is 16.5. The molecule has 1 aliphatic rings. The fraction of sp³-hybridized carbons (Fsp3) is 0.355. The molecule has 40 heavy (non-hydrogen) atoms. The van der Waals surface area contributed by atoms with E-state index in [0.717, 1.165) is 60.6 Å². The van der Waals surface area contributed by atoms with Crippen molar-refractivity contribution in [3.8, 4) is 17.2 Å². The normalized spacial score (nSPS) is 14.3. The lowest BCUT2D eigenvalue weighted by Gasteiger charge is -2.26. The van der Waals surface area contributed by atoms with E-state index < -0.39 is 6.03 Å². The Balaban J connectivity index is 1.35. The van der Waals surface area contributed by atoms with Crippen molar-refractivity contribution in [2.24, 2.45) is 0 Å². The van der Waals surface area contributed by atoms with Gasteiger partial charge in [0.1, 0.15) is 29.6 Å². The van der Waals surface area contributed by atoms with Gasteiger partial charge in [0, 0.05) is 41.9 Å². The maximum Gasteiger partial charge on any atom is 0.324 e. The van der Waals surface area contributed by atoms with Gasteiger partial charge in [0.25, 0.3) is 0 Å². The Bertz CT molecular complexity index is 1500. The van der Waals surface area contributed by atoms with Gasteiger partial charge in [-0.05, 0) is 36.8 Å². The molecule has 2 heterocycles. The third-order valence-corrected chi connectivity index (χ3v) is 6.98. The fourth-order valence-electron chi connectivity index (χ4n) is 4.72. The van der Waals surface area contributed by atoms with Crippen molar-refractivity contribution in [2.45, 2.75) is 33.1 Å². The second-order valence-electron chi connectivity index (χ2n) is 11.1. The van der Waals surface area contributed by atoms with Gasteiger partial charge in [-0.15, -0.1) is 0 Å². The Labute approximate surface area is 234 Å². The first-order valence-electron chi connectivity index (χ1n) is 13.6. The molecule has 4 aromatic rings. The first-order chi connectivity index (χ1) is 19.2. The molecule has 1 aromatic heterocycles. The van der Waals surface area contributed by atoms with Gasteiger partial charge in [0.15, 0.2) is 0 Å². The lowest BCUT2D eigenvalue weighted by Crippen LogP contribution is -2.38. The number of benzene rings is 3. The summed E-state index contributed by atoms with van der Waals surface area (Å²) in [6.07, 6.45) is 0. The van der Waals surface area contributed by atoms with Crippen molar-refractivity contribution in [3.05, 3.63) is 71.9 Å². The van der Waals surface area contributed by atoms with Crippen LogP contribution in [-0.2, 0) is 10.2 Å². The summed E-state index contributed by atoms with van der Waals surface area (Å²) >= 11 is 0. The summed E-state index contributed by atoms with van der Waals surface area (Å²) in [6.45, 7) is 12.8. The number of carbonyl (C=O) groups is 1. The van der Waals surface area contributed by atoms with E-state index >= 15 is 0 Å². The number of aromatic nitrogens is 2. The number of urea groups is 1. The highest BCUT2D eigenvalue weighted by Crippen LogP contribution is 2.33. The first kappa shape index (κ1) is 27.5. The number of nitrogens with one attached hydrogen (secondary N) is 2. The summed E-state index contributed by atoms with van der Waals surface area (Å²) in [5.41, 5.74) is 2.60. The molecule has 1 aliphatic heterocycles. The van der Waals surface area contributed by atoms with Gasteiger partial charge in [0.05, 0.1) is 24.6 Å². The van der Waals surface area contributed by atoms with Gasteiger partial charge in [-0.3, -0.25) is 10.2 Å². The minimum Gasteiger partial charge on any atom is -0.506 e. The number of phenolic OH excluding ortho intramolecular Hbond substituents is 1. The number of hydrogen-bond acceptors (Lipinski definition) is 6. The Kier molecular flexibility index (Phi) is 7.95. The zero-order valence-electron chi connectivity index (χ0n) is 23.5. The van der Waals surface area contributed by atoms with Crippen LogP contribution in [0.2, 0.25) is 0 Å². The molecule has 5 rings (SSSR count). The van der Waals surface area contributed by atoms with E-state index in [-0.39, 0.29) is 11.2 Å². The van der Waals surface area contributed by atoms with E-state index in [1.54, 1.807) is 16.8 Å². The molecule has 0 atom stereocenters. The maximum absolute atomic E-state index is 13.3. The smallest absolute Gasteiger partial charge is 0.324 e. The minimum absolute atomic E-state index is 0.0854. The molecule has 1 fully saturated rings. The summed E-state index contributed by atoms with van der Waals surface area (Å²) in [4.78, 5) is 15.6. The highest BCUT2D eigenvalue weighted by Gasteiger charge is 2.23. The Morgan fingerprint density at radius 3 is 2.50 bits per heavy atom. The zero-order valence-corrected chi connectivity index (χ0v) is 23.5. The topological polar surface area (TPSA) is 101 Å². The van der Waals surface area contributed by atoms with Crippen molar-refractivity contribution < 1.29 is 19.4 Å². The molecule has 3 aromatic carbocycles. The number of anilines is 2. The third-order valence-electron chi connectivity index (χ3n) is 6.98. The van der Waals surface area contributed by atoms with E-state index in [0.29, 0.717) is 23.8 Å². The van der Waals surface area contributed by atoms with Gasteiger partial charge < -0.3 is 19.9 Å². The van der Waals surface area contributed by atoms with E-state index in [2.05, 4.69) is 36.3 Å². The number of hydrogen-bond donors (Lipinski definition) is 3. The number of nitrogens with zero attached hydrogens (tertiary/aromatic N) is 3. The number of amides is 2. The highest BCUT2D eigenvalue weighted by molar-refractivity contribution is 6.07. The van der Waals surface area contributed by atoms with E-state index in [9.17, 15) is 9.90 Å². The second kappa shape index (κ2) is 11.6. The van der Waals surface area contributed by atoms with Gasteiger partial charge in [0.2, 0.25) is 0 Å². The molecule has 210 valence electrons. The van der Waals surface area contributed by atoms with Gasteiger partial charge in [-0.1, -0.05) is 51.1 Å². The number of aromatic hydroxyl groups is 1. The Morgan fingerprint density at radius 1 is 1.02 bits per heavy atom. The molecule has 0 unspecified atom stereocenters. The SMILES string of the molecule is Cc1ccc(-n2nc(C(C)(C)C)cc2NC(=O)Nc2ccc(OCCN3CCOCC3)c3ccccc23)c(O)c1. The molecule has 9 nitrogen and oxygen atoms in total. The number of ether oxygens (including phenoxy) is 2. The fourth-order valence-corrected chi connectivity index (χ4v) is 4.72. The average molecular weight is 544 g/mol. The maximum atomic E-state index is 13.3. The Hall–Kier alpha value is -4.08. The van der Waals surface area contributed by atoms with Crippen molar-refractivity contribution in [2.75, 3.05) is 50.1 Å². The molecule has 0 aliphatic carbocycles. The van der Waals surface area contributed by atoms with Crippen molar-refractivity contribution in [1.29, 1.82) is 0 Å². The second-order valence-corrected chi connectivity index (χ2v) is 11.1. The van der Waals surface area contributed by atoms with E-state index in [1.807, 2.05) is 55.5 Å². The minimum atomic E-state index is -0.417. The van der Waals surface area contributed by atoms with Gasteiger partial charge in [-0.2, -0.15) is 5.10 Å². The van der Waals surface area contributed by atoms with Crippen LogP contribution in [0.25, 0.3) is 16.5 Å². The molecule has 0 spiro atoms. The predicted molar refractivity (Wildman–Crippen MR) is 158 cm³/mol. The van der Waals surface area contributed by atoms with Gasteiger partial charge >= 0.3 is 6.03 Å². The summed E-state index contributed by atoms with van der Waals surface area (Å²) in [5, 5.41) is 23.1. The van der Waals surface area contributed by atoms with Crippen LogP contribution < -0.4 is 15.4 Å². The lowest BCUT2D eigenvalue weighted by atomic mass is 9.92. The molecular weight excluding hydrogens is 506 g/mol. The van der Waals surface area contributed by atoms with Crippen molar-refractivity contribution >= 4 is 28.3 Å².